The van der Waals surface area contributed by atoms with Gasteiger partial charge in [0.05, 0.1) is 16.9 Å². The quantitative estimate of drug-likeness (QED) is 0.376. The third kappa shape index (κ3) is 4.10. The number of rotatable bonds is 5. The molecule has 3 aromatic carbocycles. The van der Waals surface area contributed by atoms with Gasteiger partial charge in [-0.15, -0.1) is 0 Å². The number of pyridine rings is 1. The third-order valence-corrected chi connectivity index (χ3v) is 4.74. The Balaban J connectivity index is 1.56. The van der Waals surface area contributed by atoms with Crippen LogP contribution < -0.4 is 11.1 Å². The molecule has 0 radical (unpaired) electrons. The van der Waals surface area contributed by atoms with Crippen molar-refractivity contribution in [1.82, 2.24) is 4.98 Å². The zero-order valence-electron chi connectivity index (χ0n) is 16.1. The summed E-state index contributed by atoms with van der Waals surface area (Å²) in [7, 11) is 0. The summed E-state index contributed by atoms with van der Waals surface area (Å²) in [6, 6.07) is 25.4. The Kier molecular flexibility index (Phi) is 5.35. The number of nitrogens with two attached hydrogens (primary N) is 1. The second kappa shape index (κ2) is 8.41. The average molecular weight is 393 g/mol. The van der Waals surface area contributed by atoms with E-state index in [2.05, 4.69) is 10.3 Å². The molecule has 3 N–H and O–H groups in total. The summed E-state index contributed by atoms with van der Waals surface area (Å²) in [5, 5.41) is 2.83. The highest BCUT2D eigenvalue weighted by Crippen LogP contribution is 2.28. The van der Waals surface area contributed by atoms with Gasteiger partial charge in [0.15, 0.2) is 5.78 Å². The predicted octanol–water partition coefficient (Wildman–Crippen LogP) is 4.81. The molecule has 30 heavy (non-hydrogen) atoms. The second-order valence-electron chi connectivity index (χ2n) is 6.77. The van der Waals surface area contributed by atoms with Crippen LogP contribution in [0.1, 0.15) is 26.3 Å². The van der Waals surface area contributed by atoms with Gasteiger partial charge in [-0.25, -0.2) is 0 Å². The number of nitrogens with zero attached hydrogens (tertiary/aromatic N) is 1. The molecule has 0 saturated heterocycles. The predicted molar refractivity (Wildman–Crippen MR) is 118 cm³/mol. The lowest BCUT2D eigenvalue weighted by Gasteiger charge is -2.11. The molecule has 5 nitrogen and oxygen atoms in total. The minimum absolute atomic E-state index is 0.0242. The van der Waals surface area contributed by atoms with E-state index in [0.717, 1.165) is 11.1 Å². The van der Waals surface area contributed by atoms with Gasteiger partial charge in [0.2, 0.25) is 0 Å². The molecular formula is C25H19N3O2. The molecule has 0 aliphatic carbocycles. The molecule has 0 aliphatic heterocycles. The van der Waals surface area contributed by atoms with E-state index in [1.54, 1.807) is 48.7 Å². The number of nitrogen functional groups attached to an aromatic ring is 1. The minimum Gasteiger partial charge on any atom is -0.397 e. The Morgan fingerprint density at radius 3 is 2.10 bits per heavy atom. The van der Waals surface area contributed by atoms with E-state index in [9.17, 15) is 9.59 Å². The van der Waals surface area contributed by atoms with Crippen molar-refractivity contribution in [2.24, 2.45) is 0 Å². The van der Waals surface area contributed by atoms with Crippen LogP contribution in [0.15, 0.2) is 97.3 Å². The molecule has 0 bridgehead atoms. The lowest BCUT2D eigenvalue weighted by Crippen LogP contribution is -2.13. The standard InChI is InChI=1S/C25H19N3O2/c26-22-13-12-20(15-23(22)28-25(30)21-7-4-14-27-16-21)17-8-10-19(11-9-17)24(29)18-5-2-1-3-6-18/h1-16H,26H2,(H,28,30). The van der Waals surface area contributed by atoms with Crippen LogP contribution >= 0.6 is 0 Å². The first-order chi connectivity index (χ1) is 14.6. The molecule has 0 atom stereocenters. The number of nitrogens with one attached hydrogen (secondary N) is 1. The average Bonchev–Trinajstić information content (AvgIpc) is 2.81. The van der Waals surface area contributed by atoms with Crippen molar-refractivity contribution in [3.8, 4) is 11.1 Å². The molecule has 0 aliphatic rings. The van der Waals surface area contributed by atoms with E-state index in [0.29, 0.717) is 28.1 Å². The van der Waals surface area contributed by atoms with Crippen molar-refractivity contribution in [3.05, 3.63) is 114 Å². The Hall–Kier alpha value is -4.25. The van der Waals surface area contributed by atoms with Crippen molar-refractivity contribution in [2.75, 3.05) is 11.1 Å². The van der Waals surface area contributed by atoms with Crippen molar-refractivity contribution in [2.45, 2.75) is 0 Å². The summed E-state index contributed by atoms with van der Waals surface area (Å²) in [5.74, 6) is -0.306. The summed E-state index contributed by atoms with van der Waals surface area (Å²) in [6.45, 7) is 0. The van der Waals surface area contributed by atoms with Gasteiger partial charge in [0, 0.05) is 23.5 Å². The van der Waals surface area contributed by atoms with Crippen molar-refractivity contribution in [3.63, 3.8) is 0 Å². The van der Waals surface area contributed by atoms with Gasteiger partial charge < -0.3 is 11.1 Å². The fourth-order valence-corrected chi connectivity index (χ4v) is 3.11. The fraction of sp³-hybridized carbons (Fsp3) is 0. The normalized spacial score (nSPS) is 10.4. The van der Waals surface area contributed by atoms with Crippen molar-refractivity contribution in [1.29, 1.82) is 0 Å². The SMILES string of the molecule is Nc1ccc(-c2ccc(C(=O)c3ccccc3)cc2)cc1NC(=O)c1cccnc1. The Labute approximate surface area is 174 Å². The first-order valence-corrected chi connectivity index (χ1v) is 9.43. The van der Waals surface area contributed by atoms with Crippen LogP contribution in [0, 0.1) is 0 Å². The Morgan fingerprint density at radius 2 is 1.40 bits per heavy atom. The summed E-state index contributed by atoms with van der Waals surface area (Å²) in [5.41, 5.74) is 10.5. The first-order valence-electron chi connectivity index (χ1n) is 9.43. The number of carbonyl (C=O) groups is 2. The lowest BCUT2D eigenvalue weighted by molar-refractivity contribution is 0.102. The molecular weight excluding hydrogens is 374 g/mol. The van der Waals surface area contributed by atoms with Gasteiger partial charge in [0.1, 0.15) is 0 Å². The highest BCUT2D eigenvalue weighted by Gasteiger charge is 2.11. The van der Waals surface area contributed by atoms with Crippen LogP contribution in [-0.2, 0) is 0 Å². The molecule has 0 unspecified atom stereocenters. The summed E-state index contributed by atoms with van der Waals surface area (Å²) in [4.78, 5) is 29.0. The van der Waals surface area contributed by atoms with Crippen LogP contribution in [0.2, 0.25) is 0 Å². The number of hydrogen-bond acceptors (Lipinski definition) is 4. The molecule has 1 heterocycles. The number of anilines is 2. The molecule has 0 fully saturated rings. The first kappa shape index (κ1) is 19.1. The molecule has 146 valence electrons. The van der Waals surface area contributed by atoms with Gasteiger partial charge in [-0.05, 0) is 35.4 Å². The van der Waals surface area contributed by atoms with Crippen LogP contribution in [-0.4, -0.2) is 16.7 Å². The molecule has 0 spiro atoms. The van der Waals surface area contributed by atoms with Crippen LogP contribution in [0.5, 0.6) is 0 Å². The molecule has 0 saturated carbocycles. The number of ketones is 1. The van der Waals surface area contributed by atoms with E-state index in [-0.39, 0.29) is 11.7 Å². The summed E-state index contributed by atoms with van der Waals surface area (Å²) in [6.07, 6.45) is 3.11. The Morgan fingerprint density at radius 1 is 0.733 bits per heavy atom. The molecule has 4 aromatic rings. The topological polar surface area (TPSA) is 85.1 Å². The van der Waals surface area contributed by atoms with Gasteiger partial charge in [0.25, 0.3) is 5.91 Å². The van der Waals surface area contributed by atoms with E-state index < -0.39 is 0 Å². The lowest BCUT2D eigenvalue weighted by atomic mass is 9.99. The smallest absolute Gasteiger partial charge is 0.257 e. The Bertz CT molecular complexity index is 1190. The number of carbonyl (C=O) groups excluding carboxylic acids is 2. The number of benzene rings is 3. The van der Waals surface area contributed by atoms with Gasteiger partial charge >= 0.3 is 0 Å². The van der Waals surface area contributed by atoms with E-state index in [1.165, 1.54) is 6.20 Å². The van der Waals surface area contributed by atoms with Crippen molar-refractivity contribution >= 4 is 23.1 Å². The number of hydrogen-bond donors (Lipinski definition) is 2. The molecule has 5 heteroatoms. The maximum absolute atomic E-state index is 12.6. The number of amides is 1. The minimum atomic E-state index is -0.282. The third-order valence-electron chi connectivity index (χ3n) is 4.74. The van der Waals surface area contributed by atoms with E-state index in [4.69, 9.17) is 5.73 Å². The maximum atomic E-state index is 12.6. The van der Waals surface area contributed by atoms with Gasteiger partial charge in [-0.3, -0.25) is 14.6 Å². The fourth-order valence-electron chi connectivity index (χ4n) is 3.11. The molecule has 1 amide bonds. The van der Waals surface area contributed by atoms with E-state index >= 15 is 0 Å². The van der Waals surface area contributed by atoms with Gasteiger partial charge in [-0.1, -0.05) is 60.7 Å². The second-order valence-corrected chi connectivity index (χ2v) is 6.77. The summed E-state index contributed by atoms with van der Waals surface area (Å²) < 4.78 is 0. The molecule has 4 rings (SSSR count). The van der Waals surface area contributed by atoms with Crippen LogP contribution in [0.3, 0.4) is 0 Å². The van der Waals surface area contributed by atoms with Crippen molar-refractivity contribution < 1.29 is 9.59 Å². The highest BCUT2D eigenvalue weighted by molar-refractivity contribution is 6.09. The van der Waals surface area contributed by atoms with Gasteiger partial charge in [-0.2, -0.15) is 0 Å². The highest BCUT2D eigenvalue weighted by atomic mass is 16.1. The zero-order valence-corrected chi connectivity index (χ0v) is 16.1. The maximum Gasteiger partial charge on any atom is 0.257 e. The summed E-state index contributed by atoms with van der Waals surface area (Å²) >= 11 is 0. The van der Waals surface area contributed by atoms with E-state index in [1.807, 2.05) is 42.5 Å². The monoisotopic (exact) mass is 393 g/mol. The van der Waals surface area contributed by atoms with Crippen LogP contribution in [0.4, 0.5) is 11.4 Å². The largest absolute Gasteiger partial charge is 0.397 e. The van der Waals surface area contributed by atoms with Crippen LogP contribution in [0.25, 0.3) is 11.1 Å². The number of aromatic nitrogens is 1. The molecule has 1 aromatic heterocycles. The zero-order chi connectivity index (χ0) is 20.9.